The summed E-state index contributed by atoms with van der Waals surface area (Å²) in [6.45, 7) is 0. The van der Waals surface area contributed by atoms with E-state index in [1.165, 1.54) is 11.3 Å². The van der Waals surface area contributed by atoms with Crippen LogP contribution in [0.5, 0.6) is 0 Å². The van der Waals surface area contributed by atoms with E-state index in [9.17, 15) is 4.79 Å². The van der Waals surface area contributed by atoms with Gasteiger partial charge in [-0.25, -0.2) is 4.68 Å². The zero-order valence-electron chi connectivity index (χ0n) is 8.59. The molecule has 1 aliphatic rings. The fraction of sp³-hybridized carbons (Fsp3) is 0.167. The van der Waals surface area contributed by atoms with Crippen molar-refractivity contribution >= 4 is 18.0 Å². The van der Waals surface area contributed by atoms with Crippen molar-refractivity contribution in [3.63, 3.8) is 0 Å². The molecule has 1 aromatic carbocycles. The molecule has 0 saturated carbocycles. The van der Waals surface area contributed by atoms with Crippen LogP contribution >= 0.6 is 11.8 Å². The molecule has 2 aromatic rings. The minimum absolute atomic E-state index is 0.696. The molecule has 0 fully saturated rings. The third-order valence-corrected chi connectivity index (χ3v) is 3.72. The smallest absolute Gasteiger partial charge is 0.150 e. The fourth-order valence-electron chi connectivity index (χ4n) is 1.86. The van der Waals surface area contributed by atoms with Crippen LogP contribution in [-0.2, 0) is 11.5 Å². The summed E-state index contributed by atoms with van der Waals surface area (Å²) in [7, 11) is 0. The van der Waals surface area contributed by atoms with Crippen LogP contribution in [0.25, 0.3) is 5.69 Å². The van der Waals surface area contributed by atoms with E-state index < -0.39 is 0 Å². The summed E-state index contributed by atoms with van der Waals surface area (Å²) in [4.78, 5) is 10.6. The number of aldehydes is 1. The summed E-state index contributed by atoms with van der Waals surface area (Å²) in [5.74, 6) is 2.08. The van der Waals surface area contributed by atoms with Crippen LogP contribution in [0.1, 0.15) is 21.6 Å². The topological polar surface area (TPSA) is 34.9 Å². The van der Waals surface area contributed by atoms with Crippen molar-refractivity contribution in [1.82, 2.24) is 9.78 Å². The maximum Gasteiger partial charge on any atom is 0.150 e. The molecule has 16 heavy (non-hydrogen) atoms. The first-order chi connectivity index (χ1) is 7.88. The number of fused-ring (bicyclic) bond motifs is 1. The standard InChI is InChI=1S/C12H10N2OS/c15-6-9-1-3-11(4-2-9)14-12-8-16-7-10(12)5-13-14/h1-6H,7-8H2. The van der Waals surface area contributed by atoms with Gasteiger partial charge in [0.1, 0.15) is 6.29 Å². The largest absolute Gasteiger partial charge is 0.298 e. The normalized spacial score (nSPS) is 13.8. The summed E-state index contributed by atoms with van der Waals surface area (Å²) in [5.41, 5.74) is 4.32. The van der Waals surface area contributed by atoms with Crippen LogP contribution in [0.2, 0.25) is 0 Å². The summed E-state index contributed by atoms with van der Waals surface area (Å²) >= 11 is 1.91. The summed E-state index contributed by atoms with van der Waals surface area (Å²) in [6, 6.07) is 7.50. The molecule has 4 heteroatoms. The van der Waals surface area contributed by atoms with E-state index in [0.717, 1.165) is 23.5 Å². The molecular formula is C12H10N2OS. The van der Waals surface area contributed by atoms with E-state index in [-0.39, 0.29) is 0 Å². The van der Waals surface area contributed by atoms with Gasteiger partial charge in [0.2, 0.25) is 0 Å². The van der Waals surface area contributed by atoms with Gasteiger partial charge in [-0.2, -0.15) is 16.9 Å². The Balaban J connectivity index is 2.04. The molecule has 0 radical (unpaired) electrons. The number of rotatable bonds is 2. The number of carbonyl (C=O) groups is 1. The first-order valence-corrected chi connectivity index (χ1v) is 6.23. The molecular weight excluding hydrogens is 220 g/mol. The fourth-order valence-corrected chi connectivity index (χ4v) is 2.92. The molecule has 0 amide bonds. The average molecular weight is 230 g/mol. The second-order valence-electron chi connectivity index (χ2n) is 3.73. The highest BCUT2D eigenvalue weighted by atomic mass is 32.2. The lowest BCUT2D eigenvalue weighted by atomic mass is 10.2. The van der Waals surface area contributed by atoms with Crippen LogP contribution in [0.15, 0.2) is 30.5 Å². The Labute approximate surface area is 97.5 Å². The van der Waals surface area contributed by atoms with Crippen molar-refractivity contribution in [3.8, 4) is 5.69 Å². The van der Waals surface area contributed by atoms with Crippen LogP contribution in [0.4, 0.5) is 0 Å². The maximum atomic E-state index is 10.6. The quantitative estimate of drug-likeness (QED) is 0.743. The molecule has 1 aromatic heterocycles. The third kappa shape index (κ3) is 1.46. The van der Waals surface area contributed by atoms with Crippen LogP contribution in [0.3, 0.4) is 0 Å². The molecule has 0 saturated heterocycles. The van der Waals surface area contributed by atoms with E-state index in [1.807, 2.05) is 46.9 Å². The van der Waals surface area contributed by atoms with Crippen LogP contribution < -0.4 is 0 Å². The molecule has 0 atom stereocenters. The lowest BCUT2D eigenvalue weighted by Crippen LogP contribution is -2.00. The highest BCUT2D eigenvalue weighted by Crippen LogP contribution is 2.30. The minimum atomic E-state index is 0.696. The monoisotopic (exact) mass is 230 g/mol. The second-order valence-corrected chi connectivity index (χ2v) is 4.72. The van der Waals surface area contributed by atoms with Gasteiger partial charge in [-0.1, -0.05) is 0 Å². The van der Waals surface area contributed by atoms with Crippen LogP contribution in [-0.4, -0.2) is 16.1 Å². The van der Waals surface area contributed by atoms with Gasteiger partial charge >= 0.3 is 0 Å². The Morgan fingerprint density at radius 3 is 2.81 bits per heavy atom. The van der Waals surface area contributed by atoms with E-state index in [0.29, 0.717) is 5.56 Å². The second kappa shape index (κ2) is 3.79. The predicted molar refractivity (Wildman–Crippen MR) is 64.0 cm³/mol. The summed E-state index contributed by atoms with van der Waals surface area (Å²) in [6.07, 6.45) is 2.79. The first-order valence-electron chi connectivity index (χ1n) is 5.07. The predicted octanol–water partition coefficient (Wildman–Crippen LogP) is 2.43. The van der Waals surface area contributed by atoms with E-state index in [1.54, 1.807) is 0 Å². The van der Waals surface area contributed by atoms with Gasteiger partial charge in [0, 0.05) is 22.6 Å². The zero-order valence-corrected chi connectivity index (χ0v) is 9.41. The molecule has 0 unspecified atom stereocenters. The van der Waals surface area contributed by atoms with Crippen molar-refractivity contribution in [2.45, 2.75) is 11.5 Å². The van der Waals surface area contributed by atoms with Crippen molar-refractivity contribution in [3.05, 3.63) is 47.3 Å². The van der Waals surface area contributed by atoms with E-state index >= 15 is 0 Å². The van der Waals surface area contributed by atoms with Gasteiger partial charge in [-0.05, 0) is 24.3 Å². The molecule has 3 rings (SSSR count). The van der Waals surface area contributed by atoms with Gasteiger partial charge in [-0.3, -0.25) is 4.79 Å². The molecule has 3 nitrogen and oxygen atoms in total. The van der Waals surface area contributed by atoms with E-state index in [2.05, 4.69) is 5.10 Å². The van der Waals surface area contributed by atoms with Gasteiger partial charge in [0.05, 0.1) is 17.6 Å². The first kappa shape index (κ1) is 9.66. The molecule has 0 N–H and O–H groups in total. The van der Waals surface area contributed by atoms with Gasteiger partial charge in [0.15, 0.2) is 0 Å². The van der Waals surface area contributed by atoms with Crippen molar-refractivity contribution in [2.75, 3.05) is 0 Å². The molecule has 0 aliphatic carbocycles. The number of benzene rings is 1. The summed E-state index contributed by atoms with van der Waals surface area (Å²) in [5, 5.41) is 4.38. The lowest BCUT2D eigenvalue weighted by molar-refractivity contribution is 0.112. The van der Waals surface area contributed by atoms with Gasteiger partial charge < -0.3 is 0 Å². The number of hydrogen-bond donors (Lipinski definition) is 0. The molecule has 0 spiro atoms. The average Bonchev–Trinajstić information content (AvgIpc) is 2.91. The zero-order chi connectivity index (χ0) is 11.0. The molecule has 1 aliphatic heterocycles. The maximum absolute atomic E-state index is 10.6. The lowest BCUT2D eigenvalue weighted by Gasteiger charge is -2.04. The minimum Gasteiger partial charge on any atom is -0.298 e. The number of carbonyl (C=O) groups excluding carboxylic acids is 1. The molecule has 80 valence electrons. The molecule has 0 bridgehead atoms. The number of hydrogen-bond acceptors (Lipinski definition) is 3. The highest BCUT2D eigenvalue weighted by Gasteiger charge is 2.17. The number of nitrogens with zero attached hydrogens (tertiary/aromatic N) is 2. The number of thioether (sulfide) groups is 1. The van der Waals surface area contributed by atoms with E-state index in [4.69, 9.17) is 0 Å². The Bertz CT molecular complexity index is 530. The molecule has 2 heterocycles. The highest BCUT2D eigenvalue weighted by molar-refractivity contribution is 7.98. The van der Waals surface area contributed by atoms with Gasteiger partial charge in [0.25, 0.3) is 0 Å². The van der Waals surface area contributed by atoms with Crippen molar-refractivity contribution < 1.29 is 4.79 Å². The Kier molecular flexibility index (Phi) is 2.29. The Morgan fingerprint density at radius 1 is 1.25 bits per heavy atom. The van der Waals surface area contributed by atoms with Crippen molar-refractivity contribution in [1.29, 1.82) is 0 Å². The Morgan fingerprint density at radius 2 is 2.06 bits per heavy atom. The Hall–Kier alpha value is -1.55. The number of aromatic nitrogens is 2. The van der Waals surface area contributed by atoms with Crippen LogP contribution in [0, 0.1) is 0 Å². The van der Waals surface area contributed by atoms with Gasteiger partial charge in [-0.15, -0.1) is 0 Å². The van der Waals surface area contributed by atoms with Crippen molar-refractivity contribution in [2.24, 2.45) is 0 Å². The third-order valence-electron chi connectivity index (χ3n) is 2.73. The summed E-state index contributed by atoms with van der Waals surface area (Å²) < 4.78 is 1.96. The SMILES string of the molecule is O=Cc1ccc(-n2ncc3c2CSC3)cc1.